The van der Waals surface area contributed by atoms with Gasteiger partial charge in [0.15, 0.2) is 0 Å². The molecule has 0 unspecified atom stereocenters. The van der Waals surface area contributed by atoms with Crippen LogP contribution in [0.4, 0.5) is 0 Å². The third-order valence-corrected chi connectivity index (χ3v) is 4.50. The topological polar surface area (TPSA) is 23.6 Å². The summed E-state index contributed by atoms with van der Waals surface area (Å²) in [4.78, 5) is 17.2. The maximum atomic E-state index is 12.7. The first-order valence-corrected chi connectivity index (χ1v) is 8.35. The molecule has 0 aliphatic carbocycles. The highest BCUT2D eigenvalue weighted by atomic mass is 16.2. The fraction of sp³-hybridized carbons (Fsp3) is 0.350. The second-order valence-corrected chi connectivity index (χ2v) is 6.22. The number of rotatable bonds is 3. The Hall–Kier alpha value is -2.13. The average molecular weight is 308 g/mol. The van der Waals surface area contributed by atoms with Gasteiger partial charge in [0, 0.05) is 38.3 Å². The van der Waals surface area contributed by atoms with E-state index < -0.39 is 0 Å². The van der Waals surface area contributed by atoms with Gasteiger partial charge in [-0.25, -0.2) is 0 Å². The van der Waals surface area contributed by atoms with Crippen molar-refractivity contribution in [2.45, 2.75) is 19.9 Å². The SMILES string of the molecule is Cc1ccccc1C(=O)N1CCCN(Cc2ccccc2)CC1. The highest BCUT2D eigenvalue weighted by molar-refractivity contribution is 5.95. The molecule has 3 heteroatoms. The minimum absolute atomic E-state index is 0.171. The molecule has 1 heterocycles. The summed E-state index contributed by atoms with van der Waals surface area (Å²) >= 11 is 0. The van der Waals surface area contributed by atoms with Gasteiger partial charge < -0.3 is 4.90 Å². The average Bonchev–Trinajstić information content (AvgIpc) is 2.81. The van der Waals surface area contributed by atoms with Gasteiger partial charge in [0.2, 0.25) is 0 Å². The number of carbonyl (C=O) groups excluding carboxylic acids is 1. The van der Waals surface area contributed by atoms with Gasteiger partial charge in [-0.15, -0.1) is 0 Å². The Morgan fingerprint density at radius 2 is 1.65 bits per heavy atom. The molecule has 0 saturated carbocycles. The Balaban J connectivity index is 1.62. The normalized spacial score (nSPS) is 16.1. The number of benzene rings is 2. The van der Waals surface area contributed by atoms with E-state index in [2.05, 4.69) is 35.2 Å². The third kappa shape index (κ3) is 3.99. The van der Waals surface area contributed by atoms with Crippen molar-refractivity contribution in [2.75, 3.05) is 26.2 Å². The van der Waals surface area contributed by atoms with Crippen molar-refractivity contribution < 1.29 is 4.79 Å². The van der Waals surface area contributed by atoms with Crippen molar-refractivity contribution in [2.24, 2.45) is 0 Å². The van der Waals surface area contributed by atoms with Crippen molar-refractivity contribution >= 4 is 5.91 Å². The lowest BCUT2D eigenvalue weighted by Gasteiger charge is -2.22. The van der Waals surface area contributed by atoms with E-state index in [-0.39, 0.29) is 5.91 Å². The number of amides is 1. The molecule has 0 spiro atoms. The van der Waals surface area contributed by atoms with Crippen LogP contribution in [0.1, 0.15) is 27.9 Å². The number of hydrogen-bond donors (Lipinski definition) is 0. The molecule has 120 valence electrons. The third-order valence-electron chi connectivity index (χ3n) is 4.50. The summed E-state index contributed by atoms with van der Waals surface area (Å²) in [7, 11) is 0. The summed E-state index contributed by atoms with van der Waals surface area (Å²) in [6.45, 7) is 6.61. The lowest BCUT2D eigenvalue weighted by molar-refractivity contribution is 0.0760. The van der Waals surface area contributed by atoms with Gasteiger partial charge in [-0.2, -0.15) is 0 Å². The molecule has 1 aliphatic rings. The van der Waals surface area contributed by atoms with Crippen LogP contribution >= 0.6 is 0 Å². The van der Waals surface area contributed by atoms with E-state index in [4.69, 9.17) is 0 Å². The van der Waals surface area contributed by atoms with E-state index in [0.717, 1.165) is 50.3 Å². The van der Waals surface area contributed by atoms with Crippen LogP contribution in [0.2, 0.25) is 0 Å². The molecule has 2 aromatic carbocycles. The monoisotopic (exact) mass is 308 g/mol. The number of aryl methyl sites for hydroxylation is 1. The van der Waals surface area contributed by atoms with E-state index in [1.807, 2.05) is 36.1 Å². The predicted octanol–water partition coefficient (Wildman–Crippen LogP) is 3.34. The summed E-state index contributed by atoms with van der Waals surface area (Å²) in [6.07, 6.45) is 1.03. The molecular weight excluding hydrogens is 284 g/mol. The Bertz CT molecular complexity index is 654. The molecule has 2 aromatic rings. The minimum atomic E-state index is 0.171. The number of hydrogen-bond acceptors (Lipinski definition) is 2. The van der Waals surface area contributed by atoms with Gasteiger partial charge in [0.1, 0.15) is 0 Å². The molecule has 1 aliphatic heterocycles. The highest BCUT2D eigenvalue weighted by Gasteiger charge is 2.21. The van der Waals surface area contributed by atoms with Gasteiger partial charge in [-0.1, -0.05) is 48.5 Å². The molecule has 23 heavy (non-hydrogen) atoms. The van der Waals surface area contributed by atoms with Crippen LogP contribution in [0.3, 0.4) is 0 Å². The zero-order chi connectivity index (χ0) is 16.1. The molecular formula is C20H24N2O. The summed E-state index contributed by atoms with van der Waals surface area (Å²) in [5, 5.41) is 0. The lowest BCUT2D eigenvalue weighted by Crippen LogP contribution is -2.35. The van der Waals surface area contributed by atoms with Gasteiger partial charge in [0.25, 0.3) is 5.91 Å². The molecule has 3 nitrogen and oxygen atoms in total. The van der Waals surface area contributed by atoms with Crippen LogP contribution in [0.25, 0.3) is 0 Å². The van der Waals surface area contributed by atoms with Crippen molar-refractivity contribution in [3.8, 4) is 0 Å². The Morgan fingerprint density at radius 3 is 2.43 bits per heavy atom. The second kappa shape index (κ2) is 7.42. The molecule has 1 fully saturated rings. The van der Waals surface area contributed by atoms with Gasteiger partial charge in [-0.05, 0) is 30.5 Å². The largest absolute Gasteiger partial charge is 0.337 e. The van der Waals surface area contributed by atoms with E-state index in [1.165, 1.54) is 5.56 Å². The summed E-state index contributed by atoms with van der Waals surface area (Å²) < 4.78 is 0. The van der Waals surface area contributed by atoms with Crippen LogP contribution in [-0.4, -0.2) is 41.9 Å². The van der Waals surface area contributed by atoms with Gasteiger partial charge >= 0.3 is 0 Å². The van der Waals surface area contributed by atoms with Crippen LogP contribution in [-0.2, 0) is 6.54 Å². The maximum Gasteiger partial charge on any atom is 0.254 e. The smallest absolute Gasteiger partial charge is 0.254 e. The van der Waals surface area contributed by atoms with Crippen LogP contribution < -0.4 is 0 Å². The Morgan fingerprint density at radius 1 is 0.913 bits per heavy atom. The van der Waals surface area contributed by atoms with Crippen molar-refractivity contribution in [1.82, 2.24) is 9.80 Å². The first kappa shape index (κ1) is 15.8. The summed E-state index contributed by atoms with van der Waals surface area (Å²) in [5.41, 5.74) is 3.23. The summed E-state index contributed by atoms with van der Waals surface area (Å²) in [6, 6.07) is 18.4. The fourth-order valence-corrected chi connectivity index (χ4v) is 3.16. The Kier molecular flexibility index (Phi) is 5.09. The molecule has 0 aromatic heterocycles. The first-order valence-electron chi connectivity index (χ1n) is 8.35. The molecule has 1 amide bonds. The number of carbonyl (C=O) groups is 1. The van der Waals surface area contributed by atoms with Gasteiger partial charge in [-0.3, -0.25) is 9.69 Å². The van der Waals surface area contributed by atoms with Crippen molar-refractivity contribution in [3.05, 3.63) is 71.3 Å². The van der Waals surface area contributed by atoms with Crippen molar-refractivity contribution in [1.29, 1.82) is 0 Å². The van der Waals surface area contributed by atoms with E-state index in [1.54, 1.807) is 0 Å². The van der Waals surface area contributed by atoms with E-state index >= 15 is 0 Å². The zero-order valence-corrected chi connectivity index (χ0v) is 13.7. The fourth-order valence-electron chi connectivity index (χ4n) is 3.16. The lowest BCUT2D eigenvalue weighted by atomic mass is 10.1. The van der Waals surface area contributed by atoms with E-state index in [0.29, 0.717) is 0 Å². The minimum Gasteiger partial charge on any atom is -0.337 e. The van der Waals surface area contributed by atoms with Crippen LogP contribution in [0.5, 0.6) is 0 Å². The molecule has 0 atom stereocenters. The molecule has 1 saturated heterocycles. The van der Waals surface area contributed by atoms with Crippen molar-refractivity contribution in [3.63, 3.8) is 0 Å². The summed E-state index contributed by atoms with van der Waals surface area (Å²) in [5.74, 6) is 0.171. The molecule has 3 rings (SSSR count). The van der Waals surface area contributed by atoms with E-state index in [9.17, 15) is 4.79 Å². The predicted molar refractivity (Wildman–Crippen MR) is 93.4 cm³/mol. The van der Waals surface area contributed by atoms with Gasteiger partial charge in [0.05, 0.1) is 0 Å². The van der Waals surface area contributed by atoms with Crippen LogP contribution in [0.15, 0.2) is 54.6 Å². The second-order valence-electron chi connectivity index (χ2n) is 6.22. The Labute approximate surface area is 138 Å². The quantitative estimate of drug-likeness (QED) is 0.868. The molecule has 0 bridgehead atoms. The molecule has 0 radical (unpaired) electrons. The molecule has 0 N–H and O–H groups in total. The highest BCUT2D eigenvalue weighted by Crippen LogP contribution is 2.14. The number of nitrogens with zero attached hydrogens (tertiary/aromatic N) is 2. The maximum absolute atomic E-state index is 12.7. The zero-order valence-electron chi connectivity index (χ0n) is 13.7. The standard InChI is InChI=1S/C20H24N2O/c1-17-8-5-6-11-19(17)20(23)22-13-7-12-21(14-15-22)16-18-9-3-2-4-10-18/h2-6,8-11H,7,12-16H2,1H3. The first-order chi connectivity index (χ1) is 11.2. The van der Waals surface area contributed by atoms with Crippen LogP contribution in [0, 0.1) is 6.92 Å².